The summed E-state index contributed by atoms with van der Waals surface area (Å²) in [5.74, 6) is -0.180. The second-order valence-corrected chi connectivity index (χ2v) is 16.3. The van der Waals surface area contributed by atoms with Gasteiger partial charge in [-0.05, 0) is 51.7 Å². The summed E-state index contributed by atoms with van der Waals surface area (Å²) in [5.41, 5.74) is 11.7. The van der Waals surface area contributed by atoms with E-state index in [0.29, 0.717) is 13.0 Å². The van der Waals surface area contributed by atoms with Crippen molar-refractivity contribution in [2.75, 3.05) is 39.3 Å². The van der Waals surface area contributed by atoms with Crippen molar-refractivity contribution >= 4 is 11.8 Å². The first-order valence-electron chi connectivity index (χ1n) is 23.8. The highest BCUT2D eigenvalue weighted by Crippen LogP contribution is 2.16. The fourth-order valence-electron chi connectivity index (χ4n) is 7.40. The third-order valence-corrected chi connectivity index (χ3v) is 11.1. The van der Waals surface area contributed by atoms with Gasteiger partial charge in [0.15, 0.2) is 0 Å². The van der Waals surface area contributed by atoms with Gasteiger partial charge < -0.3 is 27.0 Å². The van der Waals surface area contributed by atoms with Gasteiger partial charge in [-0.2, -0.15) is 0 Å². The number of carbonyl (C=O) groups is 2. The van der Waals surface area contributed by atoms with E-state index in [1.54, 1.807) is 0 Å². The van der Waals surface area contributed by atoms with Crippen LogP contribution in [-0.2, 0) is 9.59 Å². The Balaban J connectivity index is 4.24. The molecule has 0 aromatic heterocycles. The Labute approximate surface area is 331 Å². The second kappa shape index (κ2) is 43.5. The van der Waals surface area contributed by atoms with Crippen molar-refractivity contribution in [1.29, 1.82) is 0 Å². The predicted octanol–water partition coefficient (Wildman–Crippen LogP) is 11.5. The fourth-order valence-corrected chi connectivity index (χ4v) is 7.40. The smallest absolute Gasteiger partial charge is 0.241 e. The maximum Gasteiger partial charge on any atom is 0.241 e. The van der Waals surface area contributed by atoms with E-state index >= 15 is 0 Å². The van der Waals surface area contributed by atoms with Crippen LogP contribution in [0.15, 0.2) is 0 Å². The van der Waals surface area contributed by atoms with Crippen LogP contribution in [0.3, 0.4) is 0 Å². The number of amides is 2. The number of hydrogen-bond acceptors (Lipinski definition) is 5. The number of nitrogens with two attached hydrogens (primary N) is 2. The fraction of sp³-hybridized carbons (Fsp3) is 0.957. The van der Waals surface area contributed by atoms with Crippen LogP contribution in [0.5, 0.6) is 0 Å². The van der Waals surface area contributed by atoms with Gasteiger partial charge in [-0.3, -0.25) is 9.59 Å². The van der Waals surface area contributed by atoms with E-state index in [1.165, 1.54) is 193 Å². The van der Waals surface area contributed by atoms with Crippen LogP contribution in [0.25, 0.3) is 0 Å². The maximum atomic E-state index is 13.3. The standard InChI is InChI=1S/C46H95N5O2/c1-3-5-7-9-11-13-15-17-19-21-23-25-27-29-31-33-41-51(45(52)43-50-46(53)44(48)37-35-39-49-40-36-38-47)42-34-32-30-28-26-24-22-20-18-16-14-12-10-8-6-4-2/h44,49H,3-43,47-48H2,1-2H3,(H,50,53)/t44-/m0/s1. The van der Waals surface area contributed by atoms with Crippen LogP contribution < -0.4 is 22.1 Å². The van der Waals surface area contributed by atoms with E-state index in [9.17, 15) is 9.59 Å². The van der Waals surface area contributed by atoms with E-state index in [1.807, 2.05) is 4.90 Å². The van der Waals surface area contributed by atoms with Gasteiger partial charge in [0.2, 0.25) is 11.8 Å². The van der Waals surface area contributed by atoms with Gasteiger partial charge in [-0.1, -0.05) is 206 Å². The zero-order valence-electron chi connectivity index (χ0n) is 36.0. The summed E-state index contributed by atoms with van der Waals surface area (Å²) in [6, 6.07) is -0.576. The van der Waals surface area contributed by atoms with Gasteiger partial charge >= 0.3 is 0 Å². The molecular weight excluding hydrogens is 655 g/mol. The van der Waals surface area contributed by atoms with Crippen molar-refractivity contribution in [1.82, 2.24) is 15.5 Å². The molecule has 0 aliphatic rings. The SMILES string of the molecule is CCCCCCCCCCCCCCCCCCN(CCCCCCCCCCCCCCCCCC)C(=O)CNC(=O)[C@@H](N)CCCNCCCN. The summed E-state index contributed by atoms with van der Waals surface area (Å²) in [4.78, 5) is 27.9. The Morgan fingerprint density at radius 3 is 1.13 bits per heavy atom. The molecule has 0 aliphatic heterocycles. The van der Waals surface area contributed by atoms with Gasteiger partial charge in [-0.15, -0.1) is 0 Å². The van der Waals surface area contributed by atoms with Crippen LogP contribution in [0.2, 0.25) is 0 Å². The van der Waals surface area contributed by atoms with Crippen LogP contribution >= 0.6 is 0 Å². The molecule has 0 bridgehead atoms. The first-order valence-corrected chi connectivity index (χ1v) is 23.8. The summed E-state index contributed by atoms with van der Waals surface area (Å²) in [5, 5.41) is 6.17. The first kappa shape index (κ1) is 51.8. The molecule has 7 nitrogen and oxygen atoms in total. The zero-order valence-corrected chi connectivity index (χ0v) is 36.0. The van der Waals surface area contributed by atoms with Crippen molar-refractivity contribution < 1.29 is 9.59 Å². The Morgan fingerprint density at radius 2 is 0.792 bits per heavy atom. The van der Waals surface area contributed by atoms with Crippen LogP contribution in [-0.4, -0.2) is 62.0 Å². The molecule has 7 heteroatoms. The summed E-state index contributed by atoms with van der Waals surface area (Å²) in [6.07, 6.45) is 45.5. The summed E-state index contributed by atoms with van der Waals surface area (Å²) in [6.45, 7) is 8.62. The van der Waals surface area contributed by atoms with Crippen LogP contribution in [0, 0.1) is 0 Å². The van der Waals surface area contributed by atoms with Gasteiger partial charge in [0.25, 0.3) is 0 Å². The minimum Gasteiger partial charge on any atom is -0.346 e. The molecule has 1 atom stereocenters. The number of nitrogens with one attached hydrogen (secondary N) is 2. The largest absolute Gasteiger partial charge is 0.346 e. The summed E-state index contributed by atoms with van der Waals surface area (Å²) in [7, 11) is 0. The minimum atomic E-state index is -0.576. The third kappa shape index (κ3) is 38.9. The Morgan fingerprint density at radius 1 is 0.472 bits per heavy atom. The quantitative estimate of drug-likeness (QED) is 0.0463. The highest BCUT2D eigenvalue weighted by atomic mass is 16.2. The first-order chi connectivity index (χ1) is 26.1. The number of carbonyl (C=O) groups excluding carboxylic acids is 2. The third-order valence-electron chi connectivity index (χ3n) is 11.1. The van der Waals surface area contributed by atoms with Gasteiger partial charge in [0.05, 0.1) is 12.6 Å². The highest BCUT2D eigenvalue weighted by molar-refractivity contribution is 5.87. The maximum absolute atomic E-state index is 13.3. The minimum absolute atomic E-state index is 0.0379. The molecule has 0 aliphatic carbocycles. The molecule has 0 saturated carbocycles. The van der Waals surface area contributed by atoms with E-state index in [4.69, 9.17) is 11.5 Å². The van der Waals surface area contributed by atoms with Crippen molar-refractivity contribution in [2.24, 2.45) is 11.5 Å². The molecule has 0 fully saturated rings. The van der Waals surface area contributed by atoms with Crippen molar-refractivity contribution in [2.45, 2.75) is 245 Å². The molecule has 0 unspecified atom stereocenters. The lowest BCUT2D eigenvalue weighted by Crippen LogP contribution is -2.46. The van der Waals surface area contributed by atoms with Crippen molar-refractivity contribution in [3.05, 3.63) is 0 Å². The van der Waals surface area contributed by atoms with Crippen molar-refractivity contribution in [3.8, 4) is 0 Å². The lowest BCUT2D eigenvalue weighted by Gasteiger charge is -2.23. The number of nitrogens with zero attached hydrogens (tertiary/aromatic N) is 1. The lowest BCUT2D eigenvalue weighted by atomic mass is 10.0. The molecule has 53 heavy (non-hydrogen) atoms. The lowest BCUT2D eigenvalue weighted by molar-refractivity contribution is -0.133. The van der Waals surface area contributed by atoms with Gasteiger partial charge in [0.1, 0.15) is 0 Å². The second-order valence-electron chi connectivity index (χ2n) is 16.3. The molecule has 2 amide bonds. The molecule has 0 aromatic rings. The average Bonchev–Trinajstić information content (AvgIpc) is 3.16. The van der Waals surface area contributed by atoms with Crippen LogP contribution in [0.4, 0.5) is 0 Å². The Bertz CT molecular complexity index is 715. The van der Waals surface area contributed by atoms with Crippen LogP contribution in [0.1, 0.15) is 239 Å². The molecule has 0 rings (SSSR count). The zero-order chi connectivity index (χ0) is 38.7. The molecule has 0 saturated heterocycles. The Hall–Kier alpha value is -1.18. The summed E-state index contributed by atoms with van der Waals surface area (Å²) < 4.78 is 0. The molecule has 6 N–H and O–H groups in total. The van der Waals surface area contributed by atoms with E-state index in [2.05, 4.69) is 24.5 Å². The molecule has 0 heterocycles. The predicted molar refractivity (Wildman–Crippen MR) is 232 cm³/mol. The molecular formula is C46H95N5O2. The molecule has 0 aromatic carbocycles. The van der Waals surface area contributed by atoms with E-state index in [-0.39, 0.29) is 18.4 Å². The average molecular weight is 750 g/mol. The number of hydrogen-bond donors (Lipinski definition) is 4. The number of unbranched alkanes of at least 4 members (excludes halogenated alkanes) is 30. The Kier molecular flexibility index (Phi) is 42.6. The van der Waals surface area contributed by atoms with Gasteiger partial charge in [0, 0.05) is 13.1 Å². The molecule has 0 spiro atoms. The normalized spacial score (nSPS) is 12.0. The highest BCUT2D eigenvalue weighted by Gasteiger charge is 2.17. The van der Waals surface area contributed by atoms with Gasteiger partial charge in [-0.25, -0.2) is 0 Å². The van der Waals surface area contributed by atoms with E-state index in [0.717, 1.165) is 51.9 Å². The van der Waals surface area contributed by atoms with Crippen molar-refractivity contribution in [3.63, 3.8) is 0 Å². The topological polar surface area (TPSA) is 113 Å². The summed E-state index contributed by atoms with van der Waals surface area (Å²) >= 11 is 0. The molecule has 316 valence electrons. The number of rotatable bonds is 44. The monoisotopic (exact) mass is 750 g/mol. The molecule has 0 radical (unpaired) electrons. The van der Waals surface area contributed by atoms with E-state index < -0.39 is 6.04 Å².